The zero-order chi connectivity index (χ0) is 22.1. The Morgan fingerprint density at radius 3 is 2.39 bits per heavy atom. The lowest BCUT2D eigenvalue weighted by Crippen LogP contribution is -2.31. The van der Waals surface area contributed by atoms with E-state index in [4.69, 9.17) is 0 Å². The Balaban J connectivity index is 1.96. The molecular weight excluding hydrogens is 407 g/mol. The predicted molar refractivity (Wildman–Crippen MR) is 106 cm³/mol. The summed E-state index contributed by atoms with van der Waals surface area (Å²) < 4.78 is 13.3. The van der Waals surface area contributed by atoms with Gasteiger partial charge in [0.05, 0.1) is 16.5 Å². The van der Waals surface area contributed by atoms with E-state index in [1.807, 2.05) is 0 Å². The molecule has 0 saturated carbocycles. The number of Topliss-reactive ketones (excluding diaryl/α,β-unsaturated/α-hetero) is 1. The Kier molecular flexibility index (Phi) is 4.96. The second kappa shape index (κ2) is 7.75. The molecule has 3 aromatic rings. The minimum absolute atomic E-state index is 0.101. The number of hydrogen-bond donors (Lipinski definition) is 1. The number of nitrogens with zero attached hydrogens (tertiary/aromatic N) is 4. The van der Waals surface area contributed by atoms with Crippen LogP contribution >= 0.6 is 0 Å². The normalized spacial score (nSPS) is 17.7. The quantitative estimate of drug-likeness (QED) is 0.226. The Morgan fingerprint density at radius 1 is 1.06 bits per heavy atom. The molecule has 0 spiro atoms. The fourth-order valence-electron chi connectivity index (χ4n) is 3.34. The summed E-state index contributed by atoms with van der Waals surface area (Å²) in [5.74, 6) is -3.24. The number of non-ortho nitro benzene ring substituents is 1. The number of aromatic nitrogens is 2. The number of aliphatic hydroxyl groups excluding tert-OH is 1. The Hall–Kier alpha value is -4.47. The highest BCUT2D eigenvalue weighted by atomic mass is 19.1. The number of halogens is 1. The highest BCUT2D eigenvalue weighted by Gasteiger charge is 2.48. The number of nitro groups is 1. The molecule has 1 aromatic heterocycles. The molecule has 1 atom stereocenters. The van der Waals surface area contributed by atoms with E-state index in [0.717, 1.165) is 17.0 Å². The van der Waals surface area contributed by atoms with Crippen molar-refractivity contribution < 1.29 is 24.0 Å². The third kappa shape index (κ3) is 3.50. The van der Waals surface area contributed by atoms with Gasteiger partial charge in [0, 0.05) is 30.1 Å². The lowest BCUT2D eigenvalue weighted by atomic mass is 9.95. The molecule has 1 saturated heterocycles. The first kappa shape index (κ1) is 19.8. The van der Waals surface area contributed by atoms with Crippen molar-refractivity contribution in [1.82, 2.24) is 9.97 Å². The maximum absolute atomic E-state index is 13.3. The van der Waals surface area contributed by atoms with Crippen LogP contribution in [0.15, 0.2) is 72.6 Å². The van der Waals surface area contributed by atoms with Crippen molar-refractivity contribution in [2.24, 2.45) is 0 Å². The summed E-state index contributed by atoms with van der Waals surface area (Å²) in [6.45, 7) is 0. The topological polar surface area (TPSA) is 127 Å². The smallest absolute Gasteiger partial charge is 0.302 e. The minimum atomic E-state index is -1.23. The van der Waals surface area contributed by atoms with Crippen molar-refractivity contribution in [2.45, 2.75) is 6.04 Å². The maximum Gasteiger partial charge on any atom is 0.302 e. The van der Waals surface area contributed by atoms with Crippen LogP contribution < -0.4 is 4.90 Å². The Bertz CT molecular complexity index is 1230. The lowest BCUT2D eigenvalue weighted by Gasteiger charge is -2.23. The number of ketones is 1. The van der Waals surface area contributed by atoms with Crippen LogP contribution in [0, 0.1) is 15.9 Å². The number of carbonyl (C=O) groups is 2. The molecule has 1 aliphatic heterocycles. The summed E-state index contributed by atoms with van der Waals surface area (Å²) in [5, 5.41) is 22.1. The number of aliphatic hydroxyl groups is 1. The van der Waals surface area contributed by atoms with Crippen LogP contribution in [0.4, 0.5) is 16.0 Å². The van der Waals surface area contributed by atoms with Gasteiger partial charge in [-0.2, -0.15) is 0 Å². The number of rotatable bonds is 4. The monoisotopic (exact) mass is 420 g/mol. The fraction of sp³-hybridized carbons (Fsp3) is 0.0476. The van der Waals surface area contributed by atoms with Crippen LogP contribution in [0.3, 0.4) is 0 Å². The maximum atomic E-state index is 13.3. The van der Waals surface area contributed by atoms with Crippen LogP contribution in [0.5, 0.6) is 0 Å². The van der Waals surface area contributed by atoms with E-state index >= 15 is 0 Å². The molecule has 1 aliphatic rings. The van der Waals surface area contributed by atoms with Crippen LogP contribution in [0.25, 0.3) is 5.76 Å². The van der Waals surface area contributed by atoms with Gasteiger partial charge in [0.1, 0.15) is 11.6 Å². The molecule has 0 bridgehead atoms. The lowest BCUT2D eigenvalue weighted by molar-refractivity contribution is -0.384. The number of nitro benzene ring substituents is 1. The molecule has 1 fully saturated rings. The third-order valence-corrected chi connectivity index (χ3v) is 4.73. The van der Waals surface area contributed by atoms with Crippen LogP contribution in [0.2, 0.25) is 0 Å². The molecule has 154 valence electrons. The van der Waals surface area contributed by atoms with Crippen LogP contribution in [-0.2, 0) is 9.59 Å². The van der Waals surface area contributed by atoms with Crippen molar-refractivity contribution in [2.75, 3.05) is 4.90 Å². The summed E-state index contributed by atoms with van der Waals surface area (Å²) in [5.41, 5.74) is -0.281. The standard InChI is InChI=1S/C21H13FN4O5/c22-14-7-5-12(6-8-14)18(27)16-17(13-3-1-4-15(11-13)26(30)31)25(20(29)19(16)28)21-23-9-2-10-24-21/h1-11,17,27H/b18-16+/t17-/m1/s1. The molecule has 31 heavy (non-hydrogen) atoms. The van der Waals surface area contributed by atoms with Crippen molar-refractivity contribution in [3.63, 3.8) is 0 Å². The molecule has 0 aliphatic carbocycles. The Labute approximate surface area is 174 Å². The van der Waals surface area contributed by atoms with E-state index in [1.54, 1.807) is 0 Å². The second-order valence-electron chi connectivity index (χ2n) is 6.58. The van der Waals surface area contributed by atoms with Gasteiger partial charge >= 0.3 is 5.91 Å². The number of anilines is 1. The summed E-state index contributed by atoms with van der Waals surface area (Å²) in [7, 11) is 0. The molecular formula is C21H13FN4O5. The molecule has 9 nitrogen and oxygen atoms in total. The molecule has 0 unspecified atom stereocenters. The average molecular weight is 420 g/mol. The summed E-state index contributed by atoms with van der Waals surface area (Å²) in [4.78, 5) is 45.4. The SMILES string of the molecule is O=C1C(=O)N(c2ncccn2)[C@H](c2cccc([N+](=O)[O-])c2)/C1=C(\O)c1ccc(F)cc1. The third-order valence-electron chi connectivity index (χ3n) is 4.73. The first-order valence-electron chi connectivity index (χ1n) is 8.97. The summed E-state index contributed by atoms with van der Waals surface area (Å²) in [6, 6.07) is 10.3. The fourth-order valence-corrected chi connectivity index (χ4v) is 3.34. The Morgan fingerprint density at radius 2 is 1.74 bits per heavy atom. The van der Waals surface area contributed by atoms with Gasteiger partial charge in [-0.05, 0) is 35.9 Å². The van der Waals surface area contributed by atoms with Gasteiger partial charge in [-0.15, -0.1) is 0 Å². The molecule has 0 radical (unpaired) electrons. The number of hydrogen-bond acceptors (Lipinski definition) is 7. The first-order valence-corrected chi connectivity index (χ1v) is 8.97. The van der Waals surface area contributed by atoms with E-state index in [0.29, 0.717) is 0 Å². The predicted octanol–water partition coefficient (Wildman–Crippen LogP) is 3.15. The molecule has 1 amide bonds. The molecule has 1 N–H and O–H groups in total. The zero-order valence-corrected chi connectivity index (χ0v) is 15.7. The number of benzene rings is 2. The highest BCUT2D eigenvalue weighted by Crippen LogP contribution is 2.41. The molecule has 10 heteroatoms. The van der Waals surface area contributed by atoms with Gasteiger partial charge in [-0.1, -0.05) is 12.1 Å². The minimum Gasteiger partial charge on any atom is -0.507 e. The largest absolute Gasteiger partial charge is 0.507 e. The van der Waals surface area contributed by atoms with E-state index < -0.39 is 34.2 Å². The van der Waals surface area contributed by atoms with Gasteiger partial charge in [0.15, 0.2) is 0 Å². The highest BCUT2D eigenvalue weighted by molar-refractivity contribution is 6.51. The average Bonchev–Trinajstić information content (AvgIpc) is 3.05. The summed E-state index contributed by atoms with van der Waals surface area (Å²) >= 11 is 0. The van der Waals surface area contributed by atoms with Crippen LogP contribution in [0.1, 0.15) is 17.2 Å². The van der Waals surface area contributed by atoms with E-state index in [2.05, 4.69) is 9.97 Å². The van der Waals surface area contributed by atoms with Gasteiger partial charge < -0.3 is 5.11 Å². The number of carbonyl (C=O) groups excluding carboxylic acids is 2. The van der Waals surface area contributed by atoms with Crippen molar-refractivity contribution in [3.05, 3.63) is 99.6 Å². The van der Waals surface area contributed by atoms with Crippen molar-refractivity contribution in [3.8, 4) is 0 Å². The van der Waals surface area contributed by atoms with Gasteiger partial charge in [0.25, 0.3) is 11.5 Å². The van der Waals surface area contributed by atoms with Crippen LogP contribution in [-0.4, -0.2) is 31.7 Å². The molecule has 2 aromatic carbocycles. The van der Waals surface area contributed by atoms with Crippen molar-refractivity contribution in [1.29, 1.82) is 0 Å². The zero-order valence-electron chi connectivity index (χ0n) is 15.7. The second-order valence-corrected chi connectivity index (χ2v) is 6.58. The number of amides is 1. The summed E-state index contributed by atoms with van der Waals surface area (Å²) in [6.07, 6.45) is 2.73. The van der Waals surface area contributed by atoms with Gasteiger partial charge in [0.2, 0.25) is 5.95 Å². The molecule has 4 rings (SSSR count). The van der Waals surface area contributed by atoms with Gasteiger partial charge in [-0.3, -0.25) is 24.6 Å². The van der Waals surface area contributed by atoms with E-state index in [9.17, 15) is 29.2 Å². The first-order chi connectivity index (χ1) is 14.9. The van der Waals surface area contributed by atoms with Gasteiger partial charge in [-0.25, -0.2) is 14.4 Å². The van der Waals surface area contributed by atoms with E-state index in [-0.39, 0.29) is 28.3 Å². The van der Waals surface area contributed by atoms with Crippen molar-refractivity contribution >= 4 is 29.1 Å². The van der Waals surface area contributed by atoms with E-state index in [1.165, 1.54) is 54.9 Å². The molecule has 2 heterocycles.